The first-order valence-corrected chi connectivity index (χ1v) is 10.3. The molecule has 0 atom stereocenters. The molecule has 4 rings (SSSR count). The first kappa shape index (κ1) is 21.2. The second-order valence-electron chi connectivity index (χ2n) is 7.83. The molecule has 1 aliphatic rings. The lowest BCUT2D eigenvalue weighted by molar-refractivity contribution is -0.120. The molecule has 0 aromatic heterocycles. The smallest absolute Gasteiger partial charge is 0.282 e. The van der Waals surface area contributed by atoms with E-state index in [1.807, 2.05) is 80.5 Å². The summed E-state index contributed by atoms with van der Waals surface area (Å²) in [5.74, 6) is -0.0395. The minimum absolute atomic E-state index is 0.249. The molecule has 3 aromatic rings. The maximum atomic E-state index is 13.6. The second kappa shape index (κ2) is 8.59. The molecule has 0 bridgehead atoms. The Labute approximate surface area is 187 Å². The van der Waals surface area contributed by atoms with Gasteiger partial charge in [-0.25, -0.2) is 4.90 Å². The fourth-order valence-corrected chi connectivity index (χ4v) is 3.60. The summed E-state index contributed by atoms with van der Waals surface area (Å²) >= 11 is 0. The van der Waals surface area contributed by atoms with E-state index in [-0.39, 0.29) is 11.6 Å². The van der Waals surface area contributed by atoms with Crippen molar-refractivity contribution in [2.24, 2.45) is 0 Å². The van der Waals surface area contributed by atoms with Crippen LogP contribution in [0.2, 0.25) is 0 Å². The van der Waals surface area contributed by atoms with Crippen LogP contribution >= 0.6 is 0 Å². The van der Waals surface area contributed by atoms with Crippen LogP contribution in [-0.4, -0.2) is 33.0 Å². The van der Waals surface area contributed by atoms with Gasteiger partial charge in [0.05, 0.1) is 18.4 Å². The molecule has 2 amide bonds. The van der Waals surface area contributed by atoms with Gasteiger partial charge in [-0.1, -0.05) is 35.9 Å². The van der Waals surface area contributed by atoms with Gasteiger partial charge < -0.3 is 15.0 Å². The maximum absolute atomic E-state index is 13.6. The maximum Gasteiger partial charge on any atom is 0.282 e. The third-order valence-corrected chi connectivity index (χ3v) is 5.39. The number of benzene rings is 3. The molecule has 6 nitrogen and oxygen atoms in total. The largest absolute Gasteiger partial charge is 0.497 e. The molecule has 0 spiro atoms. The Balaban J connectivity index is 1.79. The summed E-state index contributed by atoms with van der Waals surface area (Å²) in [4.78, 5) is 30.2. The van der Waals surface area contributed by atoms with Crippen molar-refractivity contribution in [2.45, 2.75) is 6.92 Å². The monoisotopic (exact) mass is 427 g/mol. The third kappa shape index (κ3) is 3.95. The number of hydrogen-bond acceptors (Lipinski definition) is 5. The first-order valence-electron chi connectivity index (χ1n) is 10.3. The van der Waals surface area contributed by atoms with Gasteiger partial charge in [0, 0.05) is 25.5 Å². The van der Waals surface area contributed by atoms with Crippen LogP contribution in [-0.2, 0) is 9.59 Å². The van der Waals surface area contributed by atoms with E-state index in [2.05, 4.69) is 5.32 Å². The number of methoxy groups -OCH3 is 1. The summed E-state index contributed by atoms with van der Waals surface area (Å²) in [6.45, 7) is 1.98. The topological polar surface area (TPSA) is 61.9 Å². The highest BCUT2D eigenvalue weighted by Crippen LogP contribution is 2.35. The quantitative estimate of drug-likeness (QED) is 0.589. The van der Waals surface area contributed by atoms with Gasteiger partial charge in [-0.2, -0.15) is 0 Å². The number of aryl methyl sites for hydroxylation is 1. The molecule has 1 N–H and O–H groups in total. The summed E-state index contributed by atoms with van der Waals surface area (Å²) in [7, 11) is 5.43. The normalized spacial score (nSPS) is 13.6. The van der Waals surface area contributed by atoms with Gasteiger partial charge in [-0.05, 0) is 55.0 Å². The van der Waals surface area contributed by atoms with Gasteiger partial charge in [0.1, 0.15) is 11.4 Å². The number of hydrogen-bond donors (Lipinski definition) is 1. The van der Waals surface area contributed by atoms with Gasteiger partial charge in [-0.15, -0.1) is 0 Å². The number of rotatable bonds is 6. The van der Waals surface area contributed by atoms with Crippen LogP contribution in [0.15, 0.2) is 78.5 Å². The highest BCUT2D eigenvalue weighted by molar-refractivity contribution is 6.46. The Morgan fingerprint density at radius 1 is 0.875 bits per heavy atom. The lowest BCUT2D eigenvalue weighted by Crippen LogP contribution is -2.32. The van der Waals surface area contributed by atoms with Crippen molar-refractivity contribution in [3.63, 3.8) is 0 Å². The van der Waals surface area contributed by atoms with Crippen LogP contribution in [0, 0.1) is 6.92 Å². The van der Waals surface area contributed by atoms with Crippen molar-refractivity contribution < 1.29 is 14.3 Å². The number of amides is 2. The number of nitrogens with one attached hydrogen (secondary N) is 1. The Kier molecular flexibility index (Phi) is 5.69. The zero-order chi connectivity index (χ0) is 22.8. The highest BCUT2D eigenvalue weighted by atomic mass is 16.5. The van der Waals surface area contributed by atoms with Crippen molar-refractivity contribution in [1.82, 2.24) is 0 Å². The van der Waals surface area contributed by atoms with Crippen LogP contribution in [0.25, 0.3) is 5.57 Å². The second-order valence-corrected chi connectivity index (χ2v) is 7.83. The van der Waals surface area contributed by atoms with Crippen molar-refractivity contribution in [3.8, 4) is 5.75 Å². The molecule has 32 heavy (non-hydrogen) atoms. The minimum Gasteiger partial charge on any atom is -0.497 e. The lowest BCUT2D eigenvalue weighted by Gasteiger charge is -2.19. The lowest BCUT2D eigenvalue weighted by atomic mass is 10.0. The number of imide groups is 1. The fraction of sp³-hybridized carbons (Fsp3) is 0.154. The molecular weight excluding hydrogens is 402 g/mol. The minimum atomic E-state index is -0.391. The Hall–Kier alpha value is -4.06. The van der Waals surface area contributed by atoms with Crippen molar-refractivity contribution in [1.29, 1.82) is 0 Å². The van der Waals surface area contributed by atoms with E-state index in [4.69, 9.17) is 4.74 Å². The van der Waals surface area contributed by atoms with Crippen molar-refractivity contribution in [3.05, 3.63) is 89.6 Å². The SMILES string of the molecule is COc1ccc(NC2=C(c3ccc(C)cc3)C(=O)N(c3cccc(N(C)C)c3)C2=O)cc1. The Morgan fingerprint density at radius 2 is 1.56 bits per heavy atom. The first-order chi connectivity index (χ1) is 15.4. The fourth-order valence-electron chi connectivity index (χ4n) is 3.60. The van der Waals surface area contributed by atoms with Gasteiger partial charge in [0.25, 0.3) is 11.8 Å². The summed E-state index contributed by atoms with van der Waals surface area (Å²) in [6, 6.07) is 22.2. The molecule has 162 valence electrons. The number of nitrogens with zero attached hydrogens (tertiary/aromatic N) is 2. The third-order valence-electron chi connectivity index (χ3n) is 5.39. The summed E-state index contributed by atoms with van der Waals surface area (Å²) < 4.78 is 5.21. The molecule has 3 aromatic carbocycles. The van der Waals surface area contributed by atoms with Gasteiger partial charge >= 0.3 is 0 Å². The predicted octanol–water partition coefficient (Wildman–Crippen LogP) is 4.47. The molecule has 0 unspecified atom stereocenters. The zero-order valence-electron chi connectivity index (χ0n) is 18.5. The standard InChI is InChI=1S/C26H25N3O3/c1-17-8-10-18(11-9-17)23-24(27-19-12-14-22(32-4)15-13-19)26(31)29(25(23)30)21-7-5-6-20(16-21)28(2)3/h5-16,27H,1-4H3. The predicted molar refractivity (Wildman–Crippen MR) is 128 cm³/mol. The average molecular weight is 428 g/mol. The molecule has 0 saturated carbocycles. The van der Waals surface area contributed by atoms with E-state index in [0.29, 0.717) is 28.3 Å². The number of carbonyl (C=O) groups is 2. The van der Waals surface area contributed by atoms with Crippen LogP contribution in [0.5, 0.6) is 5.75 Å². The molecule has 0 radical (unpaired) electrons. The molecule has 1 aliphatic heterocycles. The van der Waals surface area contributed by atoms with Crippen LogP contribution in [0.1, 0.15) is 11.1 Å². The van der Waals surface area contributed by atoms with Gasteiger partial charge in [0.15, 0.2) is 0 Å². The van der Waals surface area contributed by atoms with E-state index in [0.717, 1.165) is 11.3 Å². The molecule has 0 fully saturated rings. The van der Waals surface area contributed by atoms with E-state index < -0.39 is 5.91 Å². The zero-order valence-corrected chi connectivity index (χ0v) is 18.5. The van der Waals surface area contributed by atoms with E-state index >= 15 is 0 Å². The van der Waals surface area contributed by atoms with Crippen molar-refractivity contribution in [2.75, 3.05) is 36.3 Å². The molecule has 0 saturated heterocycles. The Morgan fingerprint density at radius 3 is 2.19 bits per heavy atom. The van der Waals surface area contributed by atoms with Crippen LogP contribution in [0.3, 0.4) is 0 Å². The van der Waals surface area contributed by atoms with Gasteiger partial charge in [0.2, 0.25) is 0 Å². The highest BCUT2D eigenvalue weighted by Gasteiger charge is 2.40. The van der Waals surface area contributed by atoms with Gasteiger partial charge in [-0.3, -0.25) is 9.59 Å². The number of anilines is 3. The summed E-state index contributed by atoms with van der Waals surface area (Å²) in [5.41, 5.74) is 4.48. The molecular formula is C26H25N3O3. The average Bonchev–Trinajstić information content (AvgIpc) is 3.04. The van der Waals surface area contributed by atoms with Crippen LogP contribution in [0.4, 0.5) is 17.1 Å². The number of carbonyl (C=O) groups excluding carboxylic acids is 2. The van der Waals surface area contributed by atoms with E-state index in [1.165, 1.54) is 4.90 Å². The van der Waals surface area contributed by atoms with Crippen LogP contribution < -0.4 is 19.9 Å². The summed E-state index contributed by atoms with van der Waals surface area (Å²) in [5, 5.41) is 3.17. The number of ether oxygens (including phenoxy) is 1. The van der Waals surface area contributed by atoms with E-state index in [1.54, 1.807) is 25.3 Å². The van der Waals surface area contributed by atoms with Crippen molar-refractivity contribution >= 4 is 34.4 Å². The van der Waals surface area contributed by atoms with E-state index in [9.17, 15) is 9.59 Å². The molecule has 0 aliphatic carbocycles. The molecule has 6 heteroatoms. The summed E-state index contributed by atoms with van der Waals surface area (Å²) in [6.07, 6.45) is 0. The Bertz CT molecular complexity index is 1200. The molecule has 1 heterocycles.